The maximum absolute atomic E-state index is 13.3. The molecule has 1 N–H and O–H groups in total. The molecule has 1 saturated heterocycles. The molecule has 2 aliphatic heterocycles. The third kappa shape index (κ3) is 1.94. The third-order valence-corrected chi connectivity index (χ3v) is 4.64. The van der Waals surface area contributed by atoms with E-state index >= 15 is 0 Å². The quantitative estimate of drug-likeness (QED) is 0.843. The predicted octanol–water partition coefficient (Wildman–Crippen LogP) is 2.25. The Morgan fingerprint density at radius 1 is 1.37 bits per heavy atom. The number of rotatable bonds is 1. The van der Waals surface area contributed by atoms with Crippen LogP contribution in [-0.4, -0.2) is 34.7 Å². The number of hydrogen-bond acceptors (Lipinski definition) is 3. The number of ether oxygens (including phenoxy) is 1. The van der Waals surface area contributed by atoms with Crippen LogP contribution >= 0.6 is 0 Å². The van der Waals surface area contributed by atoms with Crippen LogP contribution in [0.2, 0.25) is 0 Å². The van der Waals surface area contributed by atoms with Crippen molar-refractivity contribution in [2.24, 2.45) is 0 Å². The van der Waals surface area contributed by atoms with Crippen molar-refractivity contribution in [3.05, 3.63) is 29.6 Å². The van der Waals surface area contributed by atoms with Crippen LogP contribution in [0, 0.1) is 5.82 Å². The topological polar surface area (TPSA) is 32.7 Å². The van der Waals surface area contributed by atoms with Gasteiger partial charge in [-0.25, -0.2) is 4.39 Å². The predicted molar refractivity (Wildman–Crippen MR) is 68.5 cm³/mol. The van der Waals surface area contributed by atoms with Crippen LogP contribution in [0.5, 0.6) is 5.75 Å². The highest BCUT2D eigenvalue weighted by atomic mass is 19.1. The van der Waals surface area contributed by atoms with Crippen LogP contribution in [0.3, 0.4) is 0 Å². The lowest BCUT2D eigenvalue weighted by atomic mass is 9.88. The Kier molecular flexibility index (Phi) is 2.42. The zero-order valence-electron chi connectivity index (χ0n) is 10.8. The van der Waals surface area contributed by atoms with Gasteiger partial charge in [0.2, 0.25) is 0 Å². The molecule has 0 aromatic heterocycles. The summed E-state index contributed by atoms with van der Waals surface area (Å²) in [4.78, 5) is 2.46. The lowest BCUT2D eigenvalue weighted by Crippen LogP contribution is -2.44. The molecule has 1 aliphatic carbocycles. The highest BCUT2D eigenvalue weighted by molar-refractivity contribution is 5.39. The first-order valence-corrected chi connectivity index (χ1v) is 7.06. The van der Waals surface area contributed by atoms with E-state index in [0.29, 0.717) is 18.2 Å². The summed E-state index contributed by atoms with van der Waals surface area (Å²) < 4.78 is 19.4. The highest BCUT2D eigenvalue weighted by Crippen LogP contribution is 2.45. The average molecular weight is 263 g/mol. The fraction of sp³-hybridized carbons (Fsp3) is 0.600. The van der Waals surface area contributed by atoms with Crippen LogP contribution in [-0.2, 0) is 0 Å². The maximum atomic E-state index is 13.3. The fourth-order valence-electron chi connectivity index (χ4n) is 3.49. The summed E-state index contributed by atoms with van der Waals surface area (Å²) in [6, 6.07) is 5.14. The van der Waals surface area contributed by atoms with Gasteiger partial charge in [-0.3, -0.25) is 4.90 Å². The van der Waals surface area contributed by atoms with E-state index < -0.39 is 6.10 Å². The molecule has 2 atom stereocenters. The van der Waals surface area contributed by atoms with Gasteiger partial charge in [0.1, 0.15) is 17.2 Å². The summed E-state index contributed by atoms with van der Waals surface area (Å²) in [6.07, 6.45) is 3.57. The van der Waals surface area contributed by atoms with E-state index in [9.17, 15) is 9.50 Å². The molecule has 2 heterocycles. The van der Waals surface area contributed by atoms with Crippen molar-refractivity contribution in [2.75, 3.05) is 13.1 Å². The number of halogens is 1. The van der Waals surface area contributed by atoms with Crippen LogP contribution in [0.1, 0.15) is 37.4 Å². The first kappa shape index (κ1) is 11.7. The maximum Gasteiger partial charge on any atom is 0.128 e. The van der Waals surface area contributed by atoms with Gasteiger partial charge < -0.3 is 9.84 Å². The molecule has 3 aliphatic rings. The van der Waals surface area contributed by atoms with Crippen LogP contribution in [0.25, 0.3) is 0 Å². The minimum atomic E-state index is -0.538. The Labute approximate surface area is 112 Å². The van der Waals surface area contributed by atoms with Gasteiger partial charge in [0.15, 0.2) is 0 Å². The van der Waals surface area contributed by atoms with Crippen molar-refractivity contribution in [3.8, 4) is 5.75 Å². The highest BCUT2D eigenvalue weighted by Gasteiger charge is 2.48. The summed E-state index contributed by atoms with van der Waals surface area (Å²) >= 11 is 0. The van der Waals surface area contributed by atoms with Crippen LogP contribution < -0.4 is 4.74 Å². The smallest absolute Gasteiger partial charge is 0.128 e. The lowest BCUT2D eigenvalue weighted by Gasteiger charge is -2.38. The number of hydrogen-bond donors (Lipinski definition) is 1. The second-order valence-corrected chi connectivity index (χ2v) is 6.14. The molecule has 0 radical (unpaired) electrons. The van der Waals surface area contributed by atoms with Crippen molar-refractivity contribution >= 4 is 0 Å². The van der Waals surface area contributed by atoms with Crippen molar-refractivity contribution in [2.45, 2.75) is 43.4 Å². The van der Waals surface area contributed by atoms with Crippen LogP contribution in [0.15, 0.2) is 18.2 Å². The molecule has 2 fully saturated rings. The zero-order chi connectivity index (χ0) is 13.0. The average Bonchev–Trinajstić information content (AvgIpc) is 3.13. The summed E-state index contributed by atoms with van der Waals surface area (Å²) in [6.45, 7) is 1.90. The Balaban J connectivity index is 1.63. The van der Waals surface area contributed by atoms with Gasteiger partial charge in [-0.05, 0) is 25.0 Å². The lowest BCUT2D eigenvalue weighted by molar-refractivity contribution is -0.00789. The van der Waals surface area contributed by atoms with Gasteiger partial charge >= 0.3 is 0 Å². The SMILES string of the molecule is O[C@@H]1CC2(CCN(C3CC3)C2)Oc2cc(F)ccc21. The van der Waals surface area contributed by atoms with Gasteiger partial charge in [-0.1, -0.05) is 0 Å². The first-order valence-electron chi connectivity index (χ1n) is 7.06. The molecule has 0 amide bonds. The van der Waals surface area contributed by atoms with Crippen molar-refractivity contribution in [1.82, 2.24) is 4.90 Å². The summed E-state index contributed by atoms with van der Waals surface area (Å²) in [5.74, 6) is 0.219. The number of benzene rings is 1. The molecule has 1 saturated carbocycles. The molecular formula is C15H18FNO2. The van der Waals surface area contributed by atoms with E-state index in [0.717, 1.165) is 25.1 Å². The standard InChI is InChI=1S/C15H18FNO2/c16-10-1-4-12-13(18)8-15(19-14(12)7-10)5-6-17(9-15)11-2-3-11/h1,4,7,11,13,18H,2-3,5-6,8-9H2/t13-,15?/m1/s1. The first-order chi connectivity index (χ1) is 9.15. The molecule has 1 aromatic rings. The van der Waals surface area contributed by atoms with Crippen molar-refractivity contribution in [3.63, 3.8) is 0 Å². The summed E-state index contributed by atoms with van der Waals surface area (Å²) in [5.41, 5.74) is 0.403. The number of aliphatic hydroxyl groups excluding tert-OH is 1. The van der Waals surface area contributed by atoms with Crippen molar-refractivity contribution in [1.29, 1.82) is 0 Å². The second-order valence-electron chi connectivity index (χ2n) is 6.14. The van der Waals surface area contributed by atoms with Gasteiger partial charge in [0.25, 0.3) is 0 Å². The number of nitrogens with zero attached hydrogens (tertiary/aromatic N) is 1. The molecule has 102 valence electrons. The monoisotopic (exact) mass is 263 g/mol. The summed E-state index contributed by atoms with van der Waals surface area (Å²) in [5, 5.41) is 10.3. The van der Waals surface area contributed by atoms with E-state index in [1.54, 1.807) is 6.07 Å². The molecule has 0 bridgehead atoms. The Morgan fingerprint density at radius 3 is 3.00 bits per heavy atom. The summed E-state index contributed by atoms with van der Waals surface area (Å²) in [7, 11) is 0. The molecule has 3 nitrogen and oxygen atoms in total. The zero-order valence-corrected chi connectivity index (χ0v) is 10.8. The number of aliphatic hydroxyl groups is 1. The van der Waals surface area contributed by atoms with E-state index in [4.69, 9.17) is 4.74 Å². The van der Waals surface area contributed by atoms with Gasteiger partial charge in [0.05, 0.1) is 6.10 Å². The second kappa shape index (κ2) is 3.93. The van der Waals surface area contributed by atoms with Crippen LogP contribution in [0.4, 0.5) is 4.39 Å². The Morgan fingerprint density at radius 2 is 2.21 bits per heavy atom. The van der Waals surface area contributed by atoms with Crippen molar-refractivity contribution < 1.29 is 14.2 Å². The fourth-order valence-corrected chi connectivity index (χ4v) is 3.49. The minimum Gasteiger partial charge on any atom is -0.485 e. The van der Waals surface area contributed by atoms with Gasteiger partial charge in [0, 0.05) is 43.6 Å². The van der Waals surface area contributed by atoms with E-state index in [1.807, 2.05) is 0 Å². The normalized spacial score (nSPS) is 34.3. The Bertz CT molecular complexity index is 517. The van der Waals surface area contributed by atoms with E-state index in [1.165, 1.54) is 25.0 Å². The third-order valence-electron chi connectivity index (χ3n) is 4.64. The largest absolute Gasteiger partial charge is 0.485 e. The molecule has 4 heteroatoms. The molecule has 1 unspecified atom stereocenters. The van der Waals surface area contributed by atoms with Gasteiger partial charge in [-0.2, -0.15) is 0 Å². The minimum absolute atomic E-state index is 0.306. The molecule has 19 heavy (non-hydrogen) atoms. The number of fused-ring (bicyclic) bond motifs is 1. The molecular weight excluding hydrogens is 245 g/mol. The number of likely N-dealkylation sites (tertiary alicyclic amines) is 1. The Hall–Kier alpha value is -1.13. The van der Waals surface area contributed by atoms with Gasteiger partial charge in [-0.15, -0.1) is 0 Å². The van der Waals surface area contributed by atoms with E-state index in [-0.39, 0.29) is 11.4 Å². The van der Waals surface area contributed by atoms with E-state index in [2.05, 4.69) is 4.90 Å². The molecule has 4 rings (SSSR count). The molecule has 1 aromatic carbocycles. The molecule has 1 spiro atoms.